The Morgan fingerprint density at radius 1 is 1.41 bits per heavy atom. The number of alkyl halides is 2. The third-order valence-electron chi connectivity index (χ3n) is 3.91. The van der Waals surface area contributed by atoms with Gasteiger partial charge in [0.05, 0.1) is 0 Å². The molecule has 1 aliphatic rings. The van der Waals surface area contributed by atoms with Gasteiger partial charge in [-0.05, 0) is 38.2 Å². The van der Waals surface area contributed by atoms with Gasteiger partial charge in [0.15, 0.2) is 0 Å². The van der Waals surface area contributed by atoms with E-state index in [1.54, 1.807) is 0 Å². The Labute approximate surface area is 160 Å². The molecule has 0 radical (unpaired) electrons. The number of aldehydes is 1. The first-order valence-electron chi connectivity index (χ1n) is 8.87. The van der Waals surface area contributed by atoms with Crippen LogP contribution in [-0.4, -0.2) is 73.7 Å². The van der Waals surface area contributed by atoms with Crippen molar-refractivity contribution >= 4 is 20.5 Å². The van der Waals surface area contributed by atoms with Crippen molar-refractivity contribution in [1.29, 1.82) is 0 Å². The smallest absolute Gasteiger partial charge is 0.323 e. The summed E-state index contributed by atoms with van der Waals surface area (Å²) in [4.78, 5) is 23.5. The number of rotatable bonds is 10. The van der Waals surface area contributed by atoms with E-state index in [-0.39, 0.29) is 19.3 Å². The van der Waals surface area contributed by atoms with Crippen LogP contribution in [0, 0.1) is 0 Å². The zero-order valence-corrected chi connectivity index (χ0v) is 17.3. The van der Waals surface area contributed by atoms with Crippen LogP contribution in [0.3, 0.4) is 0 Å². The van der Waals surface area contributed by atoms with Gasteiger partial charge in [-0.1, -0.05) is 6.92 Å². The van der Waals surface area contributed by atoms with Gasteiger partial charge < -0.3 is 19.7 Å². The molecule has 3 unspecified atom stereocenters. The predicted molar refractivity (Wildman–Crippen MR) is 101 cm³/mol. The van der Waals surface area contributed by atoms with E-state index < -0.39 is 32.4 Å². The topological polar surface area (TPSA) is 88.1 Å². The number of aliphatic hydroxyl groups is 1. The predicted octanol–water partition coefficient (Wildman–Crippen LogP) is 2.93. The second kappa shape index (κ2) is 13.9. The van der Waals surface area contributed by atoms with Crippen molar-refractivity contribution in [2.75, 3.05) is 33.1 Å². The average Bonchev–Trinajstić information content (AvgIpc) is 3.17. The van der Waals surface area contributed by atoms with Gasteiger partial charge in [0.1, 0.15) is 18.6 Å². The molecule has 158 valence electrons. The fourth-order valence-corrected chi connectivity index (χ4v) is 4.16. The van der Waals surface area contributed by atoms with E-state index in [0.717, 1.165) is 24.2 Å². The summed E-state index contributed by atoms with van der Waals surface area (Å²) in [6.07, 6.45) is 2.02. The number of allylic oxidation sites excluding steroid dienone is 1. The standard InChI is InChI=1S/C16H27F2N2O4P.CH4O/c1-4-23-25(5-2)12-9-16(17,18)13-7-8-14(24-13)20(10-6-11-21)15(22)19-3;1-2/h6,10-11,13-14H,4-5,7-9,12H2,1-3H3,(H,19,22);2H,1H3/b10-6-;. The van der Waals surface area contributed by atoms with Gasteiger partial charge >= 0.3 is 6.03 Å². The number of carbonyl (C=O) groups is 2. The van der Waals surface area contributed by atoms with E-state index in [9.17, 15) is 18.4 Å². The number of ether oxygens (including phenoxy) is 1. The molecular formula is C17H31F2N2O5P. The molecule has 10 heteroatoms. The maximum absolute atomic E-state index is 14.5. The van der Waals surface area contributed by atoms with E-state index in [4.69, 9.17) is 14.4 Å². The zero-order valence-electron chi connectivity index (χ0n) is 16.4. The summed E-state index contributed by atoms with van der Waals surface area (Å²) < 4.78 is 39.9. The lowest BCUT2D eigenvalue weighted by Crippen LogP contribution is -2.43. The molecular weight excluding hydrogens is 381 g/mol. The highest BCUT2D eigenvalue weighted by atomic mass is 31.1. The van der Waals surface area contributed by atoms with Gasteiger partial charge in [-0.15, -0.1) is 0 Å². The van der Waals surface area contributed by atoms with E-state index in [2.05, 4.69) is 5.32 Å². The van der Waals surface area contributed by atoms with Gasteiger partial charge in [-0.2, -0.15) is 0 Å². The molecule has 0 aliphatic carbocycles. The van der Waals surface area contributed by atoms with Crippen LogP contribution in [0.1, 0.15) is 33.1 Å². The number of nitrogens with one attached hydrogen (secondary N) is 1. The molecule has 0 saturated carbocycles. The van der Waals surface area contributed by atoms with Crippen molar-refractivity contribution in [2.24, 2.45) is 0 Å². The van der Waals surface area contributed by atoms with Crippen LogP contribution in [0.5, 0.6) is 0 Å². The van der Waals surface area contributed by atoms with Crippen LogP contribution in [0.2, 0.25) is 0 Å². The van der Waals surface area contributed by atoms with Gasteiger partial charge in [-0.25, -0.2) is 13.6 Å². The summed E-state index contributed by atoms with van der Waals surface area (Å²) in [5.41, 5.74) is 0. The number of carbonyl (C=O) groups excluding carboxylic acids is 2. The van der Waals surface area contributed by atoms with Crippen LogP contribution < -0.4 is 5.32 Å². The molecule has 2 N–H and O–H groups in total. The molecule has 0 aromatic rings. The molecule has 0 spiro atoms. The maximum atomic E-state index is 14.5. The average molecular weight is 412 g/mol. The minimum Gasteiger partial charge on any atom is -0.400 e. The molecule has 1 rings (SSSR count). The van der Waals surface area contributed by atoms with Crippen molar-refractivity contribution in [3.8, 4) is 0 Å². The lowest BCUT2D eigenvalue weighted by molar-refractivity contribution is -0.147. The number of aliphatic hydroxyl groups excluding tert-OH is 1. The van der Waals surface area contributed by atoms with Crippen LogP contribution in [0.15, 0.2) is 12.3 Å². The normalized spacial score (nSPS) is 20.7. The third-order valence-corrected chi connectivity index (χ3v) is 5.96. The van der Waals surface area contributed by atoms with Crippen LogP contribution in [0.4, 0.5) is 13.6 Å². The number of halogens is 2. The van der Waals surface area contributed by atoms with E-state index in [1.165, 1.54) is 13.2 Å². The molecule has 7 nitrogen and oxygen atoms in total. The van der Waals surface area contributed by atoms with E-state index >= 15 is 0 Å². The molecule has 1 saturated heterocycles. The van der Waals surface area contributed by atoms with Crippen LogP contribution >= 0.6 is 8.15 Å². The van der Waals surface area contributed by atoms with Crippen molar-refractivity contribution < 1.29 is 32.7 Å². The fraction of sp³-hybridized carbons (Fsp3) is 0.765. The summed E-state index contributed by atoms with van der Waals surface area (Å²) >= 11 is 0. The second-order valence-corrected chi connectivity index (χ2v) is 7.85. The van der Waals surface area contributed by atoms with Crippen molar-refractivity contribution in [2.45, 2.75) is 51.4 Å². The Hall–Kier alpha value is -1.15. The van der Waals surface area contributed by atoms with E-state index in [1.807, 2.05) is 13.8 Å². The Morgan fingerprint density at radius 2 is 2.07 bits per heavy atom. The number of hydrogen-bond acceptors (Lipinski definition) is 5. The van der Waals surface area contributed by atoms with Crippen molar-refractivity contribution in [3.63, 3.8) is 0 Å². The fourth-order valence-electron chi connectivity index (χ4n) is 2.62. The number of urea groups is 1. The van der Waals surface area contributed by atoms with Gasteiger partial charge in [-0.3, -0.25) is 9.69 Å². The van der Waals surface area contributed by atoms with Gasteiger partial charge in [0.25, 0.3) is 5.92 Å². The first-order chi connectivity index (χ1) is 12.9. The molecule has 0 aromatic heterocycles. The number of amides is 2. The van der Waals surface area contributed by atoms with Crippen molar-refractivity contribution in [1.82, 2.24) is 10.2 Å². The largest absolute Gasteiger partial charge is 0.400 e. The molecule has 0 aromatic carbocycles. The zero-order chi connectivity index (χ0) is 20.9. The number of hydrogen-bond donors (Lipinski definition) is 2. The Bertz CT molecular complexity index is 469. The Morgan fingerprint density at radius 3 is 2.59 bits per heavy atom. The quantitative estimate of drug-likeness (QED) is 0.327. The Kier molecular flexibility index (Phi) is 13.3. The minimum absolute atomic E-state index is 0.152. The SMILES string of the molecule is CCOP(CC)CCC(F)(F)C1CCC(N(/C=C\C=O)C(=O)NC)O1.CO. The van der Waals surface area contributed by atoms with Gasteiger partial charge in [0.2, 0.25) is 0 Å². The monoisotopic (exact) mass is 412 g/mol. The molecule has 1 fully saturated rings. The van der Waals surface area contributed by atoms with E-state index in [0.29, 0.717) is 19.1 Å². The summed E-state index contributed by atoms with van der Waals surface area (Å²) in [6, 6.07) is -0.516. The lowest BCUT2D eigenvalue weighted by atomic mass is 10.1. The summed E-state index contributed by atoms with van der Waals surface area (Å²) in [5, 5.41) is 9.40. The summed E-state index contributed by atoms with van der Waals surface area (Å²) in [7, 11) is 1.58. The number of nitrogens with zero attached hydrogens (tertiary/aromatic N) is 1. The van der Waals surface area contributed by atoms with Crippen LogP contribution in [0.25, 0.3) is 0 Å². The maximum Gasteiger partial charge on any atom is 0.323 e. The lowest BCUT2D eigenvalue weighted by Gasteiger charge is -2.28. The third kappa shape index (κ3) is 8.60. The molecule has 0 bridgehead atoms. The van der Waals surface area contributed by atoms with Crippen molar-refractivity contribution in [3.05, 3.63) is 12.3 Å². The summed E-state index contributed by atoms with van der Waals surface area (Å²) in [6.45, 7) is 4.31. The second-order valence-electron chi connectivity index (χ2n) is 5.55. The summed E-state index contributed by atoms with van der Waals surface area (Å²) in [5.74, 6) is -2.98. The van der Waals surface area contributed by atoms with Crippen LogP contribution in [-0.2, 0) is 14.1 Å². The first kappa shape index (κ1) is 25.9. The molecule has 1 heterocycles. The molecule has 1 aliphatic heterocycles. The molecule has 3 atom stereocenters. The molecule has 2 amide bonds. The minimum atomic E-state index is -2.98. The Balaban J connectivity index is 0.00000326. The van der Waals surface area contributed by atoms with Gasteiger partial charge in [0, 0.05) is 41.5 Å². The highest BCUT2D eigenvalue weighted by Gasteiger charge is 2.46. The highest BCUT2D eigenvalue weighted by Crippen LogP contribution is 2.42. The highest BCUT2D eigenvalue weighted by molar-refractivity contribution is 7.52. The first-order valence-corrected chi connectivity index (χ1v) is 10.5. The molecule has 27 heavy (non-hydrogen) atoms.